The number of rotatable bonds is 4. The van der Waals surface area contributed by atoms with Crippen molar-refractivity contribution in [1.29, 1.82) is 0 Å². The molecule has 0 radical (unpaired) electrons. The van der Waals surface area contributed by atoms with Gasteiger partial charge < -0.3 is 15.8 Å². The van der Waals surface area contributed by atoms with E-state index in [2.05, 4.69) is 17.0 Å². The molecule has 1 saturated carbocycles. The van der Waals surface area contributed by atoms with E-state index in [-0.39, 0.29) is 5.84 Å². The van der Waals surface area contributed by atoms with E-state index in [9.17, 15) is 0 Å². The molecule has 2 rings (SSSR count). The summed E-state index contributed by atoms with van der Waals surface area (Å²) in [6.45, 7) is 3.13. The van der Waals surface area contributed by atoms with Gasteiger partial charge in [0, 0.05) is 23.8 Å². The highest BCUT2D eigenvalue weighted by atomic mass is 35.5. The molecule has 0 amide bonds. The second kappa shape index (κ2) is 6.84. The number of hydrogen-bond acceptors (Lipinski definition) is 3. The topological polar surface area (TPSA) is 61.8 Å². The average Bonchev–Trinajstić information content (AvgIpc) is 2.48. The molecule has 0 spiro atoms. The molecule has 0 unspecified atom stereocenters. The van der Waals surface area contributed by atoms with Crippen molar-refractivity contribution in [2.75, 3.05) is 11.4 Å². The Balaban J connectivity index is 2.24. The second-order valence-corrected chi connectivity index (χ2v) is 5.63. The van der Waals surface area contributed by atoms with E-state index in [0.29, 0.717) is 16.6 Å². The summed E-state index contributed by atoms with van der Waals surface area (Å²) in [5, 5.41) is 12.3. The molecule has 0 saturated heterocycles. The van der Waals surface area contributed by atoms with Crippen molar-refractivity contribution in [3.05, 3.63) is 28.8 Å². The van der Waals surface area contributed by atoms with Crippen molar-refractivity contribution in [2.24, 2.45) is 10.9 Å². The Morgan fingerprint density at radius 2 is 2.10 bits per heavy atom. The van der Waals surface area contributed by atoms with Crippen molar-refractivity contribution in [2.45, 2.75) is 45.1 Å². The summed E-state index contributed by atoms with van der Waals surface area (Å²) in [6.07, 6.45) is 6.44. The number of halogens is 1. The van der Waals surface area contributed by atoms with Crippen molar-refractivity contribution in [3.8, 4) is 0 Å². The van der Waals surface area contributed by atoms with Gasteiger partial charge in [0.25, 0.3) is 0 Å². The van der Waals surface area contributed by atoms with E-state index in [4.69, 9.17) is 22.5 Å². The van der Waals surface area contributed by atoms with Gasteiger partial charge in [-0.05, 0) is 38.0 Å². The van der Waals surface area contributed by atoms with Crippen LogP contribution in [0.25, 0.3) is 0 Å². The molecule has 0 aliphatic heterocycles. The molecule has 0 atom stereocenters. The van der Waals surface area contributed by atoms with Crippen LogP contribution in [-0.4, -0.2) is 23.6 Å². The molecule has 20 heavy (non-hydrogen) atoms. The van der Waals surface area contributed by atoms with E-state index in [1.807, 2.05) is 18.2 Å². The number of nitrogens with two attached hydrogens (primary N) is 1. The van der Waals surface area contributed by atoms with E-state index >= 15 is 0 Å². The van der Waals surface area contributed by atoms with Gasteiger partial charge in [-0.3, -0.25) is 0 Å². The Morgan fingerprint density at radius 3 is 2.65 bits per heavy atom. The van der Waals surface area contributed by atoms with Crippen LogP contribution in [0, 0.1) is 0 Å². The molecule has 1 aliphatic carbocycles. The highest BCUT2D eigenvalue weighted by Gasteiger charge is 2.21. The van der Waals surface area contributed by atoms with Gasteiger partial charge in [0.15, 0.2) is 5.84 Å². The standard InChI is InChI=1S/C15H22ClN3O/c1-2-19(11-6-4-3-5-7-11)12-8-9-13(14(16)10-12)15(17)18-20/h8-11,20H,2-7H2,1H3,(H2,17,18). The lowest BCUT2D eigenvalue weighted by Gasteiger charge is -2.35. The molecular weight excluding hydrogens is 274 g/mol. The van der Waals surface area contributed by atoms with Gasteiger partial charge in [0.2, 0.25) is 0 Å². The van der Waals surface area contributed by atoms with Crippen LogP contribution >= 0.6 is 11.6 Å². The number of anilines is 1. The van der Waals surface area contributed by atoms with Gasteiger partial charge in [0.05, 0.1) is 5.02 Å². The molecule has 1 aromatic carbocycles. The number of hydrogen-bond donors (Lipinski definition) is 2. The Hall–Kier alpha value is -1.42. The first-order valence-electron chi connectivity index (χ1n) is 7.21. The van der Waals surface area contributed by atoms with Gasteiger partial charge in [-0.2, -0.15) is 0 Å². The molecule has 0 bridgehead atoms. The fourth-order valence-electron chi connectivity index (χ4n) is 2.99. The summed E-state index contributed by atoms with van der Waals surface area (Å²) in [5.41, 5.74) is 7.28. The third-order valence-electron chi connectivity index (χ3n) is 4.02. The highest BCUT2D eigenvalue weighted by molar-refractivity contribution is 6.34. The smallest absolute Gasteiger partial charge is 0.171 e. The van der Waals surface area contributed by atoms with Crippen molar-refractivity contribution in [1.82, 2.24) is 0 Å². The highest BCUT2D eigenvalue weighted by Crippen LogP contribution is 2.30. The number of amidine groups is 1. The zero-order valence-electron chi connectivity index (χ0n) is 11.8. The minimum Gasteiger partial charge on any atom is -0.409 e. The lowest BCUT2D eigenvalue weighted by atomic mass is 9.93. The van der Waals surface area contributed by atoms with Crippen LogP contribution in [-0.2, 0) is 0 Å². The Bertz CT molecular complexity index is 484. The van der Waals surface area contributed by atoms with Crippen LogP contribution in [0.2, 0.25) is 5.02 Å². The maximum Gasteiger partial charge on any atom is 0.171 e. The molecule has 5 heteroatoms. The predicted octanol–water partition coefficient (Wildman–Crippen LogP) is 3.59. The van der Waals surface area contributed by atoms with E-state index in [0.717, 1.165) is 12.2 Å². The monoisotopic (exact) mass is 295 g/mol. The molecule has 0 aromatic heterocycles. The maximum absolute atomic E-state index is 8.74. The number of benzene rings is 1. The minimum atomic E-state index is 0.0438. The molecule has 1 aliphatic rings. The quantitative estimate of drug-likeness (QED) is 0.386. The number of oxime groups is 1. The summed E-state index contributed by atoms with van der Waals surface area (Å²) >= 11 is 6.24. The van der Waals surface area contributed by atoms with Crippen molar-refractivity contribution < 1.29 is 5.21 Å². The molecule has 4 nitrogen and oxygen atoms in total. The predicted molar refractivity (Wildman–Crippen MR) is 83.9 cm³/mol. The van der Waals surface area contributed by atoms with Crippen LogP contribution in [0.1, 0.15) is 44.6 Å². The lowest BCUT2D eigenvalue weighted by molar-refractivity contribution is 0.318. The fraction of sp³-hybridized carbons (Fsp3) is 0.533. The SMILES string of the molecule is CCN(c1ccc(C(N)=NO)c(Cl)c1)C1CCCCC1. The van der Waals surface area contributed by atoms with Crippen LogP contribution in [0.4, 0.5) is 5.69 Å². The summed E-state index contributed by atoms with van der Waals surface area (Å²) in [4.78, 5) is 2.40. The van der Waals surface area contributed by atoms with Gasteiger partial charge in [-0.15, -0.1) is 0 Å². The molecule has 1 aromatic rings. The summed E-state index contributed by atoms with van der Waals surface area (Å²) in [5.74, 6) is 0.0438. The van der Waals surface area contributed by atoms with Crippen molar-refractivity contribution in [3.63, 3.8) is 0 Å². The minimum absolute atomic E-state index is 0.0438. The summed E-state index contributed by atoms with van der Waals surface area (Å²) in [7, 11) is 0. The van der Waals surface area contributed by atoms with Crippen molar-refractivity contribution >= 4 is 23.1 Å². The van der Waals surface area contributed by atoms with Crippen LogP contribution < -0.4 is 10.6 Å². The molecule has 3 N–H and O–H groups in total. The maximum atomic E-state index is 8.74. The third kappa shape index (κ3) is 3.18. The second-order valence-electron chi connectivity index (χ2n) is 5.23. The molecule has 1 fully saturated rings. The number of nitrogens with zero attached hydrogens (tertiary/aromatic N) is 2. The lowest BCUT2D eigenvalue weighted by Crippen LogP contribution is -2.36. The fourth-order valence-corrected chi connectivity index (χ4v) is 3.26. The zero-order valence-corrected chi connectivity index (χ0v) is 12.6. The van der Waals surface area contributed by atoms with Crippen LogP contribution in [0.5, 0.6) is 0 Å². The third-order valence-corrected chi connectivity index (χ3v) is 4.34. The van der Waals surface area contributed by atoms with Gasteiger partial charge in [-0.25, -0.2) is 0 Å². The van der Waals surface area contributed by atoms with E-state index in [1.54, 1.807) is 0 Å². The van der Waals surface area contributed by atoms with Gasteiger partial charge in [-0.1, -0.05) is 36.0 Å². The average molecular weight is 296 g/mol. The first-order chi connectivity index (χ1) is 9.67. The van der Waals surface area contributed by atoms with Gasteiger partial charge >= 0.3 is 0 Å². The first kappa shape index (κ1) is 15.0. The van der Waals surface area contributed by atoms with Gasteiger partial charge in [0.1, 0.15) is 0 Å². The largest absolute Gasteiger partial charge is 0.409 e. The molecular formula is C15H22ClN3O. The Labute approximate surface area is 125 Å². The Morgan fingerprint density at radius 1 is 1.40 bits per heavy atom. The first-order valence-corrected chi connectivity index (χ1v) is 7.59. The van der Waals surface area contributed by atoms with Crippen LogP contribution in [0.15, 0.2) is 23.4 Å². The molecule has 0 heterocycles. The Kier molecular flexibility index (Phi) is 5.12. The summed E-state index contributed by atoms with van der Waals surface area (Å²) < 4.78 is 0. The zero-order chi connectivity index (χ0) is 14.5. The molecule has 110 valence electrons. The van der Waals surface area contributed by atoms with Crippen LogP contribution in [0.3, 0.4) is 0 Å². The van der Waals surface area contributed by atoms with E-state index in [1.165, 1.54) is 32.1 Å². The summed E-state index contributed by atoms with van der Waals surface area (Å²) in [6, 6.07) is 6.32. The van der Waals surface area contributed by atoms with E-state index < -0.39 is 0 Å². The normalized spacial score (nSPS) is 17.2.